The molecule has 0 saturated heterocycles. The van der Waals surface area contributed by atoms with Gasteiger partial charge in [0.25, 0.3) is 0 Å². The molecule has 3 heteroatoms. The fourth-order valence-electron chi connectivity index (χ4n) is 2.08. The summed E-state index contributed by atoms with van der Waals surface area (Å²) in [5.41, 5.74) is 2.30. The van der Waals surface area contributed by atoms with Crippen molar-refractivity contribution in [2.75, 3.05) is 0 Å². The Labute approximate surface area is 102 Å². The molecule has 2 rings (SSSR count). The summed E-state index contributed by atoms with van der Waals surface area (Å²) >= 11 is 6.13. The van der Waals surface area contributed by atoms with E-state index in [0.717, 1.165) is 25.0 Å². The minimum absolute atomic E-state index is 0.647. The lowest BCUT2D eigenvalue weighted by Gasteiger charge is -2.08. The van der Waals surface area contributed by atoms with Crippen LogP contribution in [0.2, 0.25) is 5.15 Å². The number of aryl methyl sites for hydroxylation is 1. The molecule has 0 radical (unpaired) electrons. The Balaban J connectivity index is 2.19. The first-order chi connectivity index (χ1) is 7.88. The third-order valence-corrected chi connectivity index (χ3v) is 3.32. The maximum absolute atomic E-state index is 6.13. The molecule has 0 spiro atoms. The lowest BCUT2D eigenvalue weighted by Crippen LogP contribution is -2.01. The topological polar surface area (TPSA) is 25.8 Å². The molecule has 0 atom stereocenters. The summed E-state index contributed by atoms with van der Waals surface area (Å²) in [4.78, 5) is 8.43. The van der Waals surface area contributed by atoms with Crippen LogP contribution in [0.25, 0.3) is 0 Å². The summed E-state index contributed by atoms with van der Waals surface area (Å²) in [5.74, 6) is 0. The number of nitrogens with zero attached hydrogens (tertiary/aromatic N) is 2. The highest BCUT2D eigenvalue weighted by Gasteiger charge is 2.09. The minimum Gasteiger partial charge on any atom is -0.241 e. The molecule has 1 heterocycles. The molecule has 0 aromatic carbocycles. The molecule has 1 aromatic rings. The highest BCUT2D eigenvalue weighted by molar-refractivity contribution is 6.30. The Bertz CT molecular complexity index is 374. The lowest BCUT2D eigenvalue weighted by molar-refractivity contribution is 0.682. The smallest absolute Gasteiger partial charge is 0.135 e. The molecule has 0 unspecified atom stereocenters. The summed E-state index contributed by atoms with van der Waals surface area (Å²) in [5, 5.41) is 0.647. The van der Waals surface area contributed by atoms with Gasteiger partial charge >= 0.3 is 0 Å². The van der Waals surface area contributed by atoms with Crippen molar-refractivity contribution in [3.8, 4) is 0 Å². The van der Waals surface area contributed by atoms with E-state index in [2.05, 4.69) is 22.1 Å². The van der Waals surface area contributed by atoms with Crippen LogP contribution in [-0.4, -0.2) is 9.97 Å². The molecule has 1 aliphatic carbocycles. The van der Waals surface area contributed by atoms with Gasteiger partial charge in [-0.15, -0.1) is 0 Å². The van der Waals surface area contributed by atoms with Crippen LogP contribution in [0.3, 0.4) is 0 Å². The van der Waals surface area contributed by atoms with Crippen LogP contribution in [0, 0.1) is 0 Å². The number of fused-ring (bicyclic) bond motifs is 1. The second-order valence-electron chi connectivity index (χ2n) is 4.20. The van der Waals surface area contributed by atoms with Crippen molar-refractivity contribution in [2.24, 2.45) is 0 Å². The fraction of sp³-hybridized carbons (Fsp3) is 0.538. The maximum atomic E-state index is 6.13. The van der Waals surface area contributed by atoms with Crippen molar-refractivity contribution >= 4 is 11.6 Å². The molecule has 0 fully saturated rings. The van der Waals surface area contributed by atoms with E-state index in [4.69, 9.17) is 11.6 Å². The Hall–Kier alpha value is -0.890. The van der Waals surface area contributed by atoms with E-state index < -0.39 is 0 Å². The molecule has 16 heavy (non-hydrogen) atoms. The molecule has 2 nitrogen and oxygen atoms in total. The first kappa shape index (κ1) is 11.6. The van der Waals surface area contributed by atoms with Gasteiger partial charge in [-0.2, -0.15) is 0 Å². The van der Waals surface area contributed by atoms with E-state index in [9.17, 15) is 0 Å². The highest BCUT2D eigenvalue weighted by atomic mass is 35.5. The first-order valence-corrected chi connectivity index (χ1v) is 6.39. The van der Waals surface area contributed by atoms with Crippen molar-refractivity contribution in [3.05, 3.63) is 34.9 Å². The van der Waals surface area contributed by atoms with E-state index in [0.29, 0.717) is 5.15 Å². The SMILES string of the molecule is Clc1ncnc2c1CCCCC/C=C\CC2. The van der Waals surface area contributed by atoms with E-state index in [1.165, 1.54) is 31.2 Å². The second kappa shape index (κ2) is 6.00. The third-order valence-electron chi connectivity index (χ3n) is 2.99. The molecule has 1 aliphatic rings. The van der Waals surface area contributed by atoms with Crippen molar-refractivity contribution in [1.82, 2.24) is 9.97 Å². The maximum Gasteiger partial charge on any atom is 0.135 e. The van der Waals surface area contributed by atoms with Gasteiger partial charge in [0.05, 0.1) is 0 Å². The highest BCUT2D eigenvalue weighted by Crippen LogP contribution is 2.20. The Kier molecular flexibility index (Phi) is 4.34. The molecule has 0 bridgehead atoms. The van der Waals surface area contributed by atoms with Gasteiger partial charge in [0.2, 0.25) is 0 Å². The van der Waals surface area contributed by atoms with Crippen LogP contribution < -0.4 is 0 Å². The van der Waals surface area contributed by atoms with Crippen LogP contribution in [0.5, 0.6) is 0 Å². The molecular formula is C13H17ClN2. The summed E-state index contributed by atoms with van der Waals surface area (Å²) in [6.45, 7) is 0. The first-order valence-electron chi connectivity index (χ1n) is 6.01. The molecule has 1 aromatic heterocycles. The quantitative estimate of drug-likeness (QED) is 0.507. The van der Waals surface area contributed by atoms with E-state index >= 15 is 0 Å². The summed E-state index contributed by atoms with van der Waals surface area (Å²) < 4.78 is 0. The number of aromatic nitrogens is 2. The molecule has 0 aliphatic heterocycles. The summed E-state index contributed by atoms with van der Waals surface area (Å²) in [6.07, 6.45) is 14.1. The number of rotatable bonds is 0. The van der Waals surface area contributed by atoms with Crippen LogP contribution in [0.4, 0.5) is 0 Å². The van der Waals surface area contributed by atoms with Crippen LogP contribution >= 0.6 is 11.6 Å². The lowest BCUT2D eigenvalue weighted by atomic mass is 10.0. The van der Waals surface area contributed by atoms with E-state index in [1.807, 2.05) is 0 Å². The van der Waals surface area contributed by atoms with Gasteiger partial charge < -0.3 is 0 Å². The van der Waals surface area contributed by atoms with Gasteiger partial charge in [-0.05, 0) is 38.5 Å². The summed E-state index contributed by atoms with van der Waals surface area (Å²) in [6, 6.07) is 0. The van der Waals surface area contributed by atoms with Crippen LogP contribution in [-0.2, 0) is 12.8 Å². The van der Waals surface area contributed by atoms with E-state index in [1.54, 1.807) is 6.33 Å². The number of hydrogen-bond donors (Lipinski definition) is 0. The molecule has 0 N–H and O–H groups in total. The average molecular weight is 237 g/mol. The normalized spacial score (nSPS) is 19.6. The van der Waals surface area contributed by atoms with Crippen molar-refractivity contribution in [2.45, 2.75) is 44.9 Å². The van der Waals surface area contributed by atoms with Gasteiger partial charge in [0.15, 0.2) is 0 Å². The van der Waals surface area contributed by atoms with Crippen molar-refractivity contribution < 1.29 is 0 Å². The third kappa shape index (κ3) is 3.05. The standard InChI is InChI=1S/C13H17ClN2/c14-13-11-8-6-4-2-1-3-5-7-9-12(11)15-10-16-13/h3,5,10H,1-2,4,6-9H2/b5-3-. The van der Waals surface area contributed by atoms with Gasteiger partial charge in [0.1, 0.15) is 11.5 Å². The number of halogens is 1. The molecule has 0 amide bonds. The second-order valence-corrected chi connectivity index (χ2v) is 4.56. The monoisotopic (exact) mass is 236 g/mol. The predicted molar refractivity (Wildman–Crippen MR) is 66.7 cm³/mol. The Morgan fingerprint density at radius 1 is 0.938 bits per heavy atom. The summed E-state index contributed by atoms with van der Waals surface area (Å²) in [7, 11) is 0. The predicted octanol–water partition coefficient (Wildman–Crippen LogP) is 3.74. The zero-order chi connectivity index (χ0) is 11.2. The number of allylic oxidation sites excluding steroid dienone is 2. The zero-order valence-electron chi connectivity index (χ0n) is 9.45. The van der Waals surface area contributed by atoms with Gasteiger partial charge in [-0.25, -0.2) is 9.97 Å². The fourth-order valence-corrected chi connectivity index (χ4v) is 2.33. The van der Waals surface area contributed by atoms with Gasteiger partial charge in [0, 0.05) is 11.3 Å². The van der Waals surface area contributed by atoms with E-state index in [-0.39, 0.29) is 0 Å². The molecular weight excluding hydrogens is 220 g/mol. The van der Waals surface area contributed by atoms with Crippen LogP contribution in [0.15, 0.2) is 18.5 Å². The van der Waals surface area contributed by atoms with Gasteiger partial charge in [-0.3, -0.25) is 0 Å². The Morgan fingerprint density at radius 3 is 2.75 bits per heavy atom. The molecule has 86 valence electrons. The average Bonchev–Trinajstić information content (AvgIpc) is 2.34. The van der Waals surface area contributed by atoms with Crippen molar-refractivity contribution in [1.29, 1.82) is 0 Å². The largest absolute Gasteiger partial charge is 0.241 e. The zero-order valence-corrected chi connectivity index (χ0v) is 10.2. The van der Waals surface area contributed by atoms with Crippen LogP contribution in [0.1, 0.15) is 43.4 Å². The van der Waals surface area contributed by atoms with Crippen molar-refractivity contribution in [3.63, 3.8) is 0 Å². The molecule has 0 saturated carbocycles. The van der Waals surface area contributed by atoms with Gasteiger partial charge in [-0.1, -0.05) is 30.2 Å². The number of hydrogen-bond acceptors (Lipinski definition) is 2. The Morgan fingerprint density at radius 2 is 1.81 bits per heavy atom. The minimum atomic E-state index is 0.647.